The minimum Gasteiger partial charge on any atom is -0.504 e. The maximum absolute atomic E-state index is 11.3. The predicted octanol–water partition coefficient (Wildman–Crippen LogP) is 1.56. The maximum atomic E-state index is 11.3. The molecular weight excluding hydrogens is 184 g/mol. The number of benzene rings is 1. The first kappa shape index (κ1) is 10.1. The number of carbonyl (C=O) groups is 1. The predicted molar refractivity (Wildman–Crippen MR) is 50.6 cm³/mol. The quantitative estimate of drug-likeness (QED) is 0.387. The lowest BCUT2D eigenvalue weighted by Crippen LogP contribution is -1.96. The summed E-state index contributed by atoms with van der Waals surface area (Å²) >= 11 is 0. The van der Waals surface area contributed by atoms with E-state index in [1.807, 2.05) is 0 Å². The molecular formula is C10H10O4. The molecule has 0 unspecified atom stereocenters. The molecule has 4 heteroatoms. The number of phenolic OH excluding ortho intramolecular Hbond substituents is 3. The Kier molecular flexibility index (Phi) is 2.76. The number of carbonyl (C=O) groups excluding carboxylic acids is 1. The van der Waals surface area contributed by atoms with Crippen molar-refractivity contribution in [2.75, 3.05) is 0 Å². The van der Waals surface area contributed by atoms with Crippen molar-refractivity contribution in [3.05, 3.63) is 30.4 Å². The van der Waals surface area contributed by atoms with Gasteiger partial charge in [-0.3, -0.25) is 4.79 Å². The smallest absolute Gasteiger partial charge is 0.200 e. The molecule has 4 nitrogen and oxygen atoms in total. The van der Waals surface area contributed by atoms with Crippen LogP contribution in [0.4, 0.5) is 0 Å². The second kappa shape index (κ2) is 3.83. The second-order valence-electron chi connectivity index (χ2n) is 2.78. The van der Waals surface area contributed by atoms with E-state index in [0.717, 1.165) is 12.1 Å². The molecule has 0 bridgehead atoms. The number of rotatable bonds is 3. The van der Waals surface area contributed by atoms with Gasteiger partial charge in [-0.05, 0) is 12.1 Å². The van der Waals surface area contributed by atoms with E-state index in [4.69, 9.17) is 15.3 Å². The first-order valence-electron chi connectivity index (χ1n) is 3.95. The molecule has 0 saturated carbocycles. The van der Waals surface area contributed by atoms with Crippen LogP contribution in [0, 0.1) is 0 Å². The second-order valence-corrected chi connectivity index (χ2v) is 2.78. The van der Waals surface area contributed by atoms with Gasteiger partial charge in [0.25, 0.3) is 0 Å². The fourth-order valence-corrected chi connectivity index (χ4v) is 1.01. The van der Waals surface area contributed by atoms with Gasteiger partial charge in [-0.2, -0.15) is 0 Å². The molecule has 0 saturated heterocycles. The van der Waals surface area contributed by atoms with E-state index in [-0.39, 0.29) is 17.8 Å². The Bertz CT molecular complexity index is 359. The highest BCUT2D eigenvalue weighted by Gasteiger charge is 2.11. The number of Topliss-reactive ketones (excluding diaryl/α,β-unsaturated/α-hetero) is 1. The van der Waals surface area contributed by atoms with Gasteiger partial charge >= 0.3 is 0 Å². The summed E-state index contributed by atoms with van der Waals surface area (Å²) in [7, 11) is 0. The fourth-order valence-electron chi connectivity index (χ4n) is 1.01. The van der Waals surface area contributed by atoms with E-state index in [0.29, 0.717) is 0 Å². The van der Waals surface area contributed by atoms with Crippen LogP contribution in [0.3, 0.4) is 0 Å². The van der Waals surface area contributed by atoms with Gasteiger partial charge in [-0.15, -0.1) is 6.58 Å². The molecule has 0 aromatic heterocycles. The van der Waals surface area contributed by atoms with E-state index >= 15 is 0 Å². The first-order valence-corrected chi connectivity index (χ1v) is 3.95. The molecule has 3 N–H and O–H groups in total. The van der Waals surface area contributed by atoms with Crippen LogP contribution in [0.15, 0.2) is 24.8 Å². The zero-order valence-electron chi connectivity index (χ0n) is 7.40. The van der Waals surface area contributed by atoms with Gasteiger partial charge in [-0.25, -0.2) is 0 Å². The Morgan fingerprint density at radius 1 is 1.29 bits per heavy atom. The summed E-state index contributed by atoms with van der Waals surface area (Å²) in [6.45, 7) is 3.39. The molecule has 1 aromatic carbocycles. The fraction of sp³-hybridized carbons (Fsp3) is 0.100. The zero-order chi connectivity index (χ0) is 10.7. The number of ketones is 1. The van der Waals surface area contributed by atoms with Crippen LogP contribution >= 0.6 is 0 Å². The molecule has 0 atom stereocenters. The lowest BCUT2D eigenvalue weighted by Gasteiger charge is -2.03. The number of hydrogen-bond donors (Lipinski definition) is 3. The highest BCUT2D eigenvalue weighted by molar-refractivity contribution is 5.98. The highest BCUT2D eigenvalue weighted by Crippen LogP contribution is 2.35. The Balaban J connectivity index is 3.12. The Hall–Kier alpha value is -1.97. The lowest BCUT2D eigenvalue weighted by molar-refractivity contribution is 0.0995. The van der Waals surface area contributed by atoms with Crippen LogP contribution in [-0.2, 0) is 0 Å². The summed E-state index contributed by atoms with van der Waals surface area (Å²) in [4.78, 5) is 11.3. The van der Waals surface area contributed by atoms with E-state index < -0.39 is 17.2 Å². The zero-order valence-corrected chi connectivity index (χ0v) is 7.40. The average Bonchev–Trinajstić information content (AvgIpc) is 2.13. The molecule has 0 fully saturated rings. The van der Waals surface area contributed by atoms with Crippen LogP contribution in [-0.4, -0.2) is 21.1 Å². The maximum Gasteiger partial charge on any atom is 0.200 e. The average molecular weight is 194 g/mol. The van der Waals surface area contributed by atoms with Crippen LogP contribution < -0.4 is 0 Å². The van der Waals surface area contributed by atoms with Crippen LogP contribution in [0.25, 0.3) is 0 Å². The van der Waals surface area contributed by atoms with Crippen molar-refractivity contribution in [1.82, 2.24) is 0 Å². The monoisotopic (exact) mass is 194 g/mol. The van der Waals surface area contributed by atoms with Gasteiger partial charge in [0, 0.05) is 12.0 Å². The number of hydrogen-bond acceptors (Lipinski definition) is 4. The number of phenols is 3. The molecule has 74 valence electrons. The van der Waals surface area contributed by atoms with E-state index in [9.17, 15) is 4.79 Å². The van der Waals surface area contributed by atoms with Crippen molar-refractivity contribution in [3.8, 4) is 17.2 Å². The largest absolute Gasteiger partial charge is 0.504 e. The molecule has 0 aliphatic rings. The number of aromatic hydroxyl groups is 3. The van der Waals surface area contributed by atoms with Crippen LogP contribution in [0.2, 0.25) is 0 Å². The van der Waals surface area contributed by atoms with Gasteiger partial charge in [-0.1, -0.05) is 6.08 Å². The summed E-state index contributed by atoms with van der Waals surface area (Å²) in [6.07, 6.45) is 1.53. The summed E-state index contributed by atoms with van der Waals surface area (Å²) in [5.41, 5.74) is 0.137. The normalized spacial score (nSPS) is 9.71. The molecule has 14 heavy (non-hydrogen) atoms. The van der Waals surface area contributed by atoms with Gasteiger partial charge < -0.3 is 15.3 Å². The molecule has 1 rings (SSSR count). The minimum absolute atomic E-state index is 0.115. The van der Waals surface area contributed by atoms with Gasteiger partial charge in [0.1, 0.15) is 0 Å². The lowest BCUT2D eigenvalue weighted by atomic mass is 10.1. The molecule has 0 heterocycles. The van der Waals surface area contributed by atoms with Crippen molar-refractivity contribution in [2.45, 2.75) is 6.42 Å². The van der Waals surface area contributed by atoms with E-state index in [1.54, 1.807) is 0 Å². The summed E-state index contributed by atoms with van der Waals surface area (Å²) in [5.74, 6) is -1.94. The topological polar surface area (TPSA) is 77.8 Å². The molecule has 0 amide bonds. The van der Waals surface area contributed by atoms with Gasteiger partial charge in [0.05, 0.1) is 0 Å². The highest BCUT2D eigenvalue weighted by atomic mass is 16.3. The number of allylic oxidation sites excluding steroid dienone is 1. The van der Waals surface area contributed by atoms with E-state index in [1.165, 1.54) is 6.08 Å². The summed E-state index contributed by atoms with van der Waals surface area (Å²) < 4.78 is 0. The third-order valence-corrected chi connectivity index (χ3v) is 1.72. The van der Waals surface area contributed by atoms with Crippen molar-refractivity contribution in [1.29, 1.82) is 0 Å². The Morgan fingerprint density at radius 2 is 1.79 bits per heavy atom. The summed E-state index contributed by atoms with van der Waals surface area (Å²) in [5, 5.41) is 27.2. The van der Waals surface area contributed by atoms with Crippen molar-refractivity contribution < 1.29 is 20.1 Å². The Labute approximate surface area is 80.7 Å². The summed E-state index contributed by atoms with van der Waals surface area (Å²) in [6, 6.07) is 2.20. The van der Waals surface area contributed by atoms with Crippen molar-refractivity contribution in [3.63, 3.8) is 0 Å². The van der Waals surface area contributed by atoms with Crippen molar-refractivity contribution >= 4 is 5.78 Å². The molecule has 0 aliphatic heterocycles. The molecule has 0 spiro atoms. The van der Waals surface area contributed by atoms with Gasteiger partial charge in [0.2, 0.25) is 0 Å². The minimum atomic E-state index is -0.625. The van der Waals surface area contributed by atoms with E-state index in [2.05, 4.69) is 6.58 Å². The SMILES string of the molecule is C=CCC(=O)c1cc(O)c(O)c(O)c1. The van der Waals surface area contributed by atoms with Gasteiger partial charge in [0.15, 0.2) is 23.0 Å². The third-order valence-electron chi connectivity index (χ3n) is 1.72. The molecule has 0 aliphatic carbocycles. The first-order chi connectivity index (χ1) is 6.56. The standard InChI is InChI=1S/C10H10O4/c1-2-3-7(11)6-4-8(12)10(14)9(13)5-6/h2,4-5,12-14H,1,3H2. The third kappa shape index (κ3) is 1.85. The Morgan fingerprint density at radius 3 is 2.21 bits per heavy atom. The van der Waals surface area contributed by atoms with Crippen LogP contribution in [0.5, 0.6) is 17.2 Å². The van der Waals surface area contributed by atoms with Crippen molar-refractivity contribution in [2.24, 2.45) is 0 Å². The molecule has 0 radical (unpaired) electrons. The van der Waals surface area contributed by atoms with Crippen LogP contribution in [0.1, 0.15) is 16.8 Å². The molecule has 1 aromatic rings.